The molecule has 2 N–H and O–H groups in total. The summed E-state index contributed by atoms with van der Waals surface area (Å²) in [5, 5.41) is 6.23. The standard InChI is InChI=1S/C19H25N3O2/c1-14(2)16-7-4-5-8-17(16)22-19(23)18-13-15(9-11-21-18)20-10-6-12-24-3/h4-5,7-9,11,13-14H,6,10,12H2,1-3H3,(H,20,21)(H,22,23). The fourth-order valence-corrected chi connectivity index (χ4v) is 2.41. The average Bonchev–Trinajstić information content (AvgIpc) is 2.59. The lowest BCUT2D eigenvalue weighted by Crippen LogP contribution is -2.15. The summed E-state index contributed by atoms with van der Waals surface area (Å²) < 4.78 is 5.02. The Kier molecular flexibility index (Phi) is 6.75. The maximum atomic E-state index is 12.5. The van der Waals surface area contributed by atoms with Gasteiger partial charge in [-0.15, -0.1) is 0 Å². The second-order valence-corrected chi connectivity index (χ2v) is 5.90. The smallest absolute Gasteiger partial charge is 0.274 e. The number of hydrogen-bond donors (Lipinski definition) is 2. The van der Waals surface area contributed by atoms with E-state index in [1.54, 1.807) is 19.4 Å². The van der Waals surface area contributed by atoms with Crippen molar-refractivity contribution in [2.45, 2.75) is 26.2 Å². The van der Waals surface area contributed by atoms with Gasteiger partial charge in [0.05, 0.1) is 0 Å². The molecule has 2 rings (SSSR count). The minimum atomic E-state index is -0.205. The second-order valence-electron chi connectivity index (χ2n) is 5.90. The van der Waals surface area contributed by atoms with Crippen LogP contribution >= 0.6 is 0 Å². The maximum Gasteiger partial charge on any atom is 0.274 e. The number of aromatic nitrogens is 1. The molecule has 0 atom stereocenters. The van der Waals surface area contributed by atoms with Gasteiger partial charge in [-0.25, -0.2) is 0 Å². The molecule has 24 heavy (non-hydrogen) atoms. The van der Waals surface area contributed by atoms with Crippen molar-refractivity contribution in [3.8, 4) is 0 Å². The number of ether oxygens (including phenoxy) is 1. The Bertz CT molecular complexity index is 671. The lowest BCUT2D eigenvalue weighted by molar-refractivity contribution is 0.102. The first kappa shape index (κ1) is 17.9. The fraction of sp³-hybridized carbons (Fsp3) is 0.368. The summed E-state index contributed by atoms with van der Waals surface area (Å²) in [7, 11) is 1.68. The van der Waals surface area contributed by atoms with Crippen LogP contribution in [0.3, 0.4) is 0 Å². The molecule has 0 fully saturated rings. The van der Waals surface area contributed by atoms with E-state index >= 15 is 0 Å². The van der Waals surface area contributed by atoms with Crippen molar-refractivity contribution in [3.05, 3.63) is 53.9 Å². The quantitative estimate of drug-likeness (QED) is 0.722. The SMILES string of the molecule is COCCCNc1ccnc(C(=O)Nc2ccccc2C(C)C)c1. The van der Waals surface area contributed by atoms with E-state index in [2.05, 4.69) is 29.5 Å². The largest absolute Gasteiger partial charge is 0.385 e. The highest BCUT2D eigenvalue weighted by Crippen LogP contribution is 2.24. The van der Waals surface area contributed by atoms with E-state index in [0.717, 1.165) is 29.9 Å². The third-order valence-electron chi connectivity index (χ3n) is 3.68. The first-order chi connectivity index (χ1) is 11.6. The second kappa shape index (κ2) is 9.03. The molecule has 5 nitrogen and oxygen atoms in total. The number of methoxy groups -OCH3 is 1. The van der Waals surface area contributed by atoms with Gasteiger partial charge in [-0.3, -0.25) is 9.78 Å². The molecule has 0 bridgehead atoms. The van der Waals surface area contributed by atoms with Crippen LogP contribution in [0, 0.1) is 0 Å². The zero-order valence-corrected chi connectivity index (χ0v) is 14.5. The molecule has 1 aromatic heterocycles. The summed E-state index contributed by atoms with van der Waals surface area (Å²) in [5.74, 6) is 0.131. The van der Waals surface area contributed by atoms with Gasteiger partial charge in [-0.1, -0.05) is 32.0 Å². The molecular weight excluding hydrogens is 302 g/mol. The van der Waals surface area contributed by atoms with Gasteiger partial charge in [0.2, 0.25) is 0 Å². The molecule has 0 aliphatic rings. The van der Waals surface area contributed by atoms with E-state index in [9.17, 15) is 4.79 Å². The number of amides is 1. The van der Waals surface area contributed by atoms with Crippen LogP contribution in [0.25, 0.3) is 0 Å². The monoisotopic (exact) mass is 327 g/mol. The number of nitrogens with one attached hydrogen (secondary N) is 2. The van der Waals surface area contributed by atoms with Crippen LogP contribution in [0.5, 0.6) is 0 Å². The predicted octanol–water partition coefficient (Wildman–Crippen LogP) is 3.91. The molecule has 1 amide bonds. The Labute approximate surface area is 143 Å². The van der Waals surface area contributed by atoms with E-state index in [0.29, 0.717) is 18.2 Å². The number of nitrogens with zero attached hydrogens (tertiary/aromatic N) is 1. The summed E-state index contributed by atoms with van der Waals surface area (Å²) in [4.78, 5) is 16.7. The van der Waals surface area contributed by atoms with Crippen LogP contribution in [-0.2, 0) is 4.74 Å². The van der Waals surface area contributed by atoms with Crippen molar-refractivity contribution in [2.24, 2.45) is 0 Å². The van der Waals surface area contributed by atoms with Gasteiger partial charge in [0.1, 0.15) is 5.69 Å². The number of anilines is 2. The van der Waals surface area contributed by atoms with Crippen molar-refractivity contribution in [3.63, 3.8) is 0 Å². The molecule has 0 spiro atoms. The Morgan fingerprint density at radius 3 is 2.79 bits per heavy atom. The molecule has 0 radical (unpaired) electrons. The van der Waals surface area contributed by atoms with Crippen LogP contribution in [0.2, 0.25) is 0 Å². The number of hydrogen-bond acceptors (Lipinski definition) is 4. The number of rotatable bonds is 8. The molecule has 0 unspecified atom stereocenters. The number of para-hydroxylation sites is 1. The highest BCUT2D eigenvalue weighted by molar-refractivity contribution is 6.03. The highest BCUT2D eigenvalue weighted by atomic mass is 16.5. The van der Waals surface area contributed by atoms with E-state index in [1.165, 1.54) is 0 Å². The molecule has 1 heterocycles. The third-order valence-corrected chi connectivity index (χ3v) is 3.68. The van der Waals surface area contributed by atoms with Crippen molar-refractivity contribution < 1.29 is 9.53 Å². The molecule has 0 saturated carbocycles. The number of benzene rings is 1. The molecule has 5 heteroatoms. The van der Waals surface area contributed by atoms with Gasteiger partial charge in [0.15, 0.2) is 0 Å². The van der Waals surface area contributed by atoms with Crippen molar-refractivity contribution >= 4 is 17.3 Å². The Balaban J connectivity index is 2.05. The van der Waals surface area contributed by atoms with Crippen LogP contribution in [-0.4, -0.2) is 31.2 Å². The van der Waals surface area contributed by atoms with Gasteiger partial charge < -0.3 is 15.4 Å². The minimum Gasteiger partial charge on any atom is -0.385 e. The summed E-state index contributed by atoms with van der Waals surface area (Å²) in [6.45, 7) is 5.70. The molecule has 0 saturated heterocycles. The summed E-state index contributed by atoms with van der Waals surface area (Å²) >= 11 is 0. The summed E-state index contributed by atoms with van der Waals surface area (Å²) in [6, 6.07) is 11.5. The van der Waals surface area contributed by atoms with Gasteiger partial charge in [-0.2, -0.15) is 0 Å². The first-order valence-corrected chi connectivity index (χ1v) is 8.21. The van der Waals surface area contributed by atoms with Crippen LogP contribution in [0.4, 0.5) is 11.4 Å². The Morgan fingerprint density at radius 2 is 2.04 bits per heavy atom. The number of carbonyl (C=O) groups is 1. The number of carbonyl (C=O) groups excluding carboxylic acids is 1. The van der Waals surface area contributed by atoms with Crippen molar-refractivity contribution in [2.75, 3.05) is 30.9 Å². The maximum absolute atomic E-state index is 12.5. The zero-order valence-electron chi connectivity index (χ0n) is 14.5. The van der Waals surface area contributed by atoms with E-state index < -0.39 is 0 Å². The van der Waals surface area contributed by atoms with Crippen molar-refractivity contribution in [1.29, 1.82) is 0 Å². The highest BCUT2D eigenvalue weighted by Gasteiger charge is 2.12. The van der Waals surface area contributed by atoms with E-state index in [1.807, 2.05) is 30.3 Å². The topological polar surface area (TPSA) is 63.2 Å². The van der Waals surface area contributed by atoms with Crippen LogP contribution in [0.1, 0.15) is 42.2 Å². The normalized spacial score (nSPS) is 10.7. The zero-order chi connectivity index (χ0) is 17.4. The van der Waals surface area contributed by atoms with E-state index in [-0.39, 0.29) is 5.91 Å². The first-order valence-electron chi connectivity index (χ1n) is 8.21. The Morgan fingerprint density at radius 1 is 1.25 bits per heavy atom. The Hall–Kier alpha value is -2.40. The van der Waals surface area contributed by atoms with Gasteiger partial charge in [0, 0.05) is 37.8 Å². The number of pyridine rings is 1. The van der Waals surface area contributed by atoms with Crippen LogP contribution < -0.4 is 10.6 Å². The van der Waals surface area contributed by atoms with Gasteiger partial charge in [-0.05, 0) is 36.1 Å². The molecule has 0 aliphatic heterocycles. The van der Waals surface area contributed by atoms with E-state index in [4.69, 9.17) is 4.74 Å². The average molecular weight is 327 g/mol. The van der Waals surface area contributed by atoms with Crippen molar-refractivity contribution in [1.82, 2.24) is 4.98 Å². The lowest BCUT2D eigenvalue weighted by Gasteiger charge is -2.13. The van der Waals surface area contributed by atoms with Gasteiger partial charge >= 0.3 is 0 Å². The third kappa shape index (κ3) is 5.06. The molecule has 0 aliphatic carbocycles. The lowest BCUT2D eigenvalue weighted by atomic mass is 10.0. The fourth-order valence-electron chi connectivity index (χ4n) is 2.41. The van der Waals surface area contributed by atoms with Gasteiger partial charge in [0.25, 0.3) is 5.91 Å². The molecule has 2 aromatic rings. The molecular formula is C19H25N3O2. The summed E-state index contributed by atoms with van der Waals surface area (Å²) in [6.07, 6.45) is 2.55. The predicted molar refractivity (Wildman–Crippen MR) is 97.7 cm³/mol. The molecule has 128 valence electrons. The molecule has 1 aromatic carbocycles. The minimum absolute atomic E-state index is 0.205. The van der Waals surface area contributed by atoms with Crippen LogP contribution in [0.15, 0.2) is 42.6 Å². The summed E-state index contributed by atoms with van der Waals surface area (Å²) in [5.41, 5.74) is 3.21.